The summed E-state index contributed by atoms with van der Waals surface area (Å²) in [5.74, 6) is 0.644. The smallest absolute Gasteiger partial charge is 0.225 e. The summed E-state index contributed by atoms with van der Waals surface area (Å²) < 4.78 is 6.17. The van der Waals surface area contributed by atoms with Crippen LogP contribution in [0.5, 0.6) is 5.88 Å². The number of piperidine rings is 1. The van der Waals surface area contributed by atoms with E-state index in [9.17, 15) is 9.59 Å². The van der Waals surface area contributed by atoms with Gasteiger partial charge in [0.25, 0.3) is 0 Å². The number of hydrogen-bond acceptors (Lipinski definition) is 5. The van der Waals surface area contributed by atoms with E-state index in [4.69, 9.17) is 33.2 Å². The Morgan fingerprint density at radius 1 is 1.14 bits per heavy atom. The van der Waals surface area contributed by atoms with Crippen LogP contribution >= 0.6 is 23.2 Å². The van der Waals surface area contributed by atoms with Crippen molar-refractivity contribution in [2.45, 2.75) is 45.1 Å². The quantitative estimate of drug-likeness (QED) is 0.531. The summed E-state index contributed by atoms with van der Waals surface area (Å²) in [5.41, 5.74) is 1.48. The van der Waals surface area contributed by atoms with Gasteiger partial charge in [0.2, 0.25) is 17.7 Å². The lowest BCUT2D eigenvalue weighted by atomic mass is 9.86. The summed E-state index contributed by atoms with van der Waals surface area (Å²) in [5, 5.41) is 9.99. The Bertz CT molecular complexity index is 1140. The first-order valence-corrected chi connectivity index (χ1v) is 13.1. The van der Waals surface area contributed by atoms with Crippen molar-refractivity contribution in [3.05, 3.63) is 57.7 Å². The zero-order valence-corrected chi connectivity index (χ0v) is 22.0. The number of carbonyl (C=O) groups is 2. The molecule has 1 aromatic heterocycles. The Morgan fingerprint density at radius 3 is 2.50 bits per heavy atom. The largest absolute Gasteiger partial charge is 0.474 e. The Balaban J connectivity index is 1.51. The lowest BCUT2D eigenvalue weighted by molar-refractivity contribution is -0.140. The van der Waals surface area contributed by atoms with Crippen LogP contribution in [0.4, 0.5) is 0 Å². The van der Waals surface area contributed by atoms with Gasteiger partial charge in [0.15, 0.2) is 0 Å². The molecule has 0 saturated carbocycles. The molecule has 2 amide bonds. The number of carbonyl (C=O) groups excluding carboxylic acids is 2. The standard InChI is InChI=1S/C27H30Cl2N4O3/c1-3-26(34)32-10-8-19(9-11-32)27(35)33-15-21(17(2)36-25-7-4-18(13-30)14-31-25)22(16-33)20-5-6-23(28)24(29)12-20/h4-7,12,14,17,19,21-22H,3,8-11,15-16H2,1-2H3. The Labute approximate surface area is 221 Å². The van der Waals surface area contributed by atoms with Crippen molar-refractivity contribution in [3.8, 4) is 11.9 Å². The molecule has 3 unspecified atom stereocenters. The number of halogens is 2. The van der Waals surface area contributed by atoms with Crippen molar-refractivity contribution in [2.75, 3.05) is 26.2 Å². The number of rotatable bonds is 6. The predicted molar refractivity (Wildman–Crippen MR) is 138 cm³/mol. The minimum atomic E-state index is -0.244. The van der Waals surface area contributed by atoms with E-state index in [0.29, 0.717) is 66.9 Å². The molecule has 2 aliphatic heterocycles. The van der Waals surface area contributed by atoms with Crippen LogP contribution < -0.4 is 4.74 Å². The van der Waals surface area contributed by atoms with E-state index in [1.54, 1.807) is 18.2 Å². The van der Waals surface area contributed by atoms with Gasteiger partial charge in [-0.05, 0) is 43.5 Å². The van der Waals surface area contributed by atoms with E-state index < -0.39 is 0 Å². The zero-order chi connectivity index (χ0) is 25.8. The maximum atomic E-state index is 13.5. The minimum Gasteiger partial charge on any atom is -0.474 e. The van der Waals surface area contributed by atoms with Crippen LogP contribution in [-0.2, 0) is 9.59 Å². The number of pyridine rings is 1. The third kappa shape index (κ3) is 5.77. The fourth-order valence-electron chi connectivity index (χ4n) is 5.23. The Morgan fingerprint density at radius 2 is 1.89 bits per heavy atom. The SMILES string of the molecule is CCC(=O)N1CCC(C(=O)N2CC(c3ccc(Cl)c(Cl)c3)C(C(C)Oc3ccc(C#N)cn3)C2)CC1. The second kappa shape index (κ2) is 11.5. The van der Waals surface area contributed by atoms with Crippen molar-refractivity contribution >= 4 is 35.0 Å². The molecule has 3 heterocycles. The topological polar surface area (TPSA) is 86.5 Å². The molecule has 9 heteroatoms. The van der Waals surface area contributed by atoms with Gasteiger partial charge in [-0.2, -0.15) is 5.26 Å². The number of ether oxygens (including phenoxy) is 1. The van der Waals surface area contributed by atoms with Gasteiger partial charge in [-0.25, -0.2) is 4.98 Å². The summed E-state index contributed by atoms with van der Waals surface area (Å²) in [6.45, 7) is 6.21. The van der Waals surface area contributed by atoms with E-state index in [2.05, 4.69) is 11.1 Å². The molecule has 0 spiro atoms. The van der Waals surface area contributed by atoms with Crippen molar-refractivity contribution in [2.24, 2.45) is 11.8 Å². The second-order valence-electron chi connectivity index (χ2n) is 9.52. The first kappa shape index (κ1) is 26.2. The number of benzene rings is 1. The molecule has 1 aromatic carbocycles. The maximum Gasteiger partial charge on any atom is 0.225 e. The number of nitrogens with zero attached hydrogens (tertiary/aromatic N) is 4. The molecule has 0 bridgehead atoms. The summed E-state index contributed by atoms with van der Waals surface area (Å²) in [4.78, 5) is 33.6. The highest BCUT2D eigenvalue weighted by atomic mass is 35.5. The third-order valence-electron chi connectivity index (χ3n) is 7.32. The van der Waals surface area contributed by atoms with Crippen LogP contribution in [-0.4, -0.2) is 58.9 Å². The summed E-state index contributed by atoms with van der Waals surface area (Å²) in [6, 6.07) is 11.0. The fraction of sp³-hybridized carbons (Fsp3) is 0.481. The van der Waals surface area contributed by atoms with Crippen molar-refractivity contribution < 1.29 is 14.3 Å². The molecule has 4 rings (SSSR count). The van der Waals surface area contributed by atoms with Gasteiger partial charge < -0.3 is 14.5 Å². The van der Waals surface area contributed by atoms with Crippen molar-refractivity contribution in [1.82, 2.24) is 14.8 Å². The van der Waals surface area contributed by atoms with Crippen molar-refractivity contribution in [1.29, 1.82) is 5.26 Å². The average Bonchev–Trinajstić information content (AvgIpc) is 3.35. The van der Waals surface area contributed by atoms with E-state index in [1.165, 1.54) is 6.20 Å². The number of hydrogen-bond donors (Lipinski definition) is 0. The van der Waals surface area contributed by atoms with Crippen LogP contribution in [0.3, 0.4) is 0 Å². The summed E-state index contributed by atoms with van der Waals surface area (Å²) in [7, 11) is 0. The van der Waals surface area contributed by atoms with Crippen LogP contribution in [0.1, 0.15) is 50.2 Å². The highest BCUT2D eigenvalue weighted by Gasteiger charge is 2.42. The molecule has 2 aromatic rings. The maximum absolute atomic E-state index is 13.5. The predicted octanol–water partition coefficient (Wildman–Crippen LogP) is 4.92. The van der Waals surface area contributed by atoms with Crippen LogP contribution in [0.15, 0.2) is 36.5 Å². The molecule has 190 valence electrons. The zero-order valence-electron chi connectivity index (χ0n) is 20.5. The van der Waals surface area contributed by atoms with Crippen LogP contribution in [0.2, 0.25) is 10.0 Å². The van der Waals surface area contributed by atoms with Gasteiger partial charge >= 0.3 is 0 Å². The van der Waals surface area contributed by atoms with Crippen LogP contribution in [0, 0.1) is 23.2 Å². The molecule has 2 fully saturated rings. The fourth-order valence-corrected chi connectivity index (χ4v) is 5.54. The number of nitriles is 1. The van der Waals surface area contributed by atoms with Gasteiger partial charge in [0, 0.05) is 62.6 Å². The Hall–Kier alpha value is -2.82. The highest BCUT2D eigenvalue weighted by Crippen LogP contribution is 2.39. The summed E-state index contributed by atoms with van der Waals surface area (Å²) in [6.07, 6.45) is 3.10. The first-order chi connectivity index (χ1) is 17.3. The lowest BCUT2D eigenvalue weighted by Gasteiger charge is -2.33. The van der Waals surface area contributed by atoms with E-state index in [1.807, 2.05) is 35.8 Å². The Kier molecular flexibility index (Phi) is 8.38. The first-order valence-electron chi connectivity index (χ1n) is 12.3. The van der Waals surface area contributed by atoms with E-state index in [0.717, 1.165) is 5.56 Å². The van der Waals surface area contributed by atoms with Crippen molar-refractivity contribution in [3.63, 3.8) is 0 Å². The number of likely N-dealkylation sites (tertiary alicyclic amines) is 2. The molecule has 2 aliphatic rings. The number of aromatic nitrogens is 1. The molecule has 36 heavy (non-hydrogen) atoms. The van der Waals surface area contributed by atoms with Gasteiger partial charge in [0.05, 0.1) is 15.6 Å². The van der Waals surface area contributed by atoms with E-state index >= 15 is 0 Å². The second-order valence-corrected chi connectivity index (χ2v) is 10.3. The molecular formula is C27H30Cl2N4O3. The average molecular weight is 529 g/mol. The molecule has 0 radical (unpaired) electrons. The minimum absolute atomic E-state index is 0.00499. The normalized spacial score (nSPS) is 21.2. The number of amides is 2. The van der Waals surface area contributed by atoms with Gasteiger partial charge in [-0.15, -0.1) is 0 Å². The molecule has 0 aliphatic carbocycles. The van der Waals surface area contributed by atoms with E-state index in [-0.39, 0.29) is 35.7 Å². The summed E-state index contributed by atoms with van der Waals surface area (Å²) >= 11 is 12.5. The molecule has 0 N–H and O–H groups in total. The van der Waals surface area contributed by atoms with Crippen LogP contribution in [0.25, 0.3) is 0 Å². The highest BCUT2D eigenvalue weighted by molar-refractivity contribution is 6.42. The van der Waals surface area contributed by atoms with Gasteiger partial charge in [-0.3, -0.25) is 9.59 Å². The lowest BCUT2D eigenvalue weighted by Crippen LogP contribution is -2.44. The molecular weight excluding hydrogens is 499 g/mol. The van der Waals surface area contributed by atoms with Gasteiger partial charge in [-0.1, -0.05) is 36.2 Å². The van der Waals surface area contributed by atoms with Gasteiger partial charge in [0.1, 0.15) is 12.2 Å². The monoisotopic (exact) mass is 528 g/mol. The molecule has 7 nitrogen and oxygen atoms in total. The third-order valence-corrected chi connectivity index (χ3v) is 8.06. The molecule has 2 saturated heterocycles. The molecule has 3 atom stereocenters.